The number of nitrogens with one attached hydrogen (secondary N) is 4. The Hall–Kier alpha value is -8.01. The Morgan fingerprint density at radius 1 is 0.510 bits per heavy atom. The predicted molar refractivity (Wildman–Crippen MR) is 347 cm³/mol. The molecule has 3 heterocycles. The lowest BCUT2D eigenvalue weighted by atomic mass is 9.93. The fraction of sp³-hybridized carbons (Fsp3) is 0.438. The number of fused-ring (bicyclic) bond motifs is 3. The minimum absolute atomic E-state index is 0.0669. The van der Waals surface area contributed by atoms with Gasteiger partial charge in [0.2, 0.25) is 17.7 Å². The zero-order chi connectivity index (χ0) is 67.9. The van der Waals surface area contributed by atoms with E-state index in [0.717, 1.165) is 38.9 Å². The van der Waals surface area contributed by atoms with Crippen LogP contribution in [0.25, 0.3) is 11.1 Å². The fourth-order valence-electron chi connectivity index (χ4n) is 12.4. The molecule has 0 radical (unpaired) electrons. The van der Waals surface area contributed by atoms with Crippen LogP contribution in [0.1, 0.15) is 87.3 Å². The monoisotopic (exact) mass is 1320 g/mol. The van der Waals surface area contributed by atoms with Crippen LogP contribution in [-0.4, -0.2) is 168 Å². The maximum Gasteiger partial charge on any atom is 0.407 e. The third-order valence-corrected chi connectivity index (χ3v) is 16.9. The standard InChI is InChI=1S/C73H86N4O19/c1-43-63(86-37-46-23-11-7-12-24-46)66(88-39-48-27-15-9-16-28-48)67(89-40-49-29-17-10-18-30-49)71(92-43)90-42-57-64(95-70-59(74-44(2)79)62(83)61(82)56(36-78)94-70)65(87-38-47-25-13-8-14-26-47)60(75-45(3)80)68(93-57)77-58(81)35-55(69(84)96-73(4,5)6)76-72(85)91-41-54-52-33-21-19-31-50(52)51-32-20-22-34-53(51)54/h7-34,43,54-57,59-68,70-71,78,82-83H,35-42H2,1-6H3,(H,74,79)(H,75,80)(H,76,85)(H,77,81)/t43-,55-,56+,57+,59+,60+,61+,62+,63+,64+,65+,66+,67-,68+,70-,71+/m0/s1. The zero-order valence-electron chi connectivity index (χ0n) is 54.5. The number of carbonyl (C=O) groups is 5. The minimum atomic E-state index is -1.77. The molecule has 4 aliphatic rings. The first kappa shape index (κ1) is 70.8. The van der Waals surface area contributed by atoms with Crippen LogP contribution in [0.2, 0.25) is 0 Å². The molecule has 0 spiro atoms. The molecule has 0 bridgehead atoms. The maximum atomic E-state index is 15.0. The molecule has 7 N–H and O–H groups in total. The van der Waals surface area contributed by atoms with Crippen LogP contribution < -0.4 is 21.3 Å². The highest BCUT2D eigenvalue weighted by Gasteiger charge is 2.55. The van der Waals surface area contributed by atoms with Gasteiger partial charge in [0.25, 0.3) is 0 Å². The molecular weight excluding hydrogens is 1240 g/mol. The topological polar surface area (TPSA) is 296 Å². The number of rotatable bonds is 27. The number of hydrogen-bond donors (Lipinski definition) is 7. The quantitative estimate of drug-likeness (QED) is 0.0274. The molecule has 6 aromatic rings. The second-order valence-electron chi connectivity index (χ2n) is 25.3. The molecule has 3 saturated heterocycles. The molecule has 3 fully saturated rings. The van der Waals surface area contributed by atoms with Gasteiger partial charge in [0, 0.05) is 19.8 Å². The van der Waals surface area contributed by atoms with Gasteiger partial charge in [-0.1, -0.05) is 170 Å². The molecular formula is C73H86N4O19. The van der Waals surface area contributed by atoms with Crippen molar-refractivity contribution in [1.82, 2.24) is 21.3 Å². The summed E-state index contributed by atoms with van der Waals surface area (Å²) in [6.07, 6.45) is -19.0. The van der Waals surface area contributed by atoms with Crippen molar-refractivity contribution in [1.29, 1.82) is 0 Å². The lowest BCUT2D eigenvalue weighted by Crippen LogP contribution is -2.71. The fourth-order valence-corrected chi connectivity index (χ4v) is 12.4. The summed E-state index contributed by atoms with van der Waals surface area (Å²) in [6.45, 7) is 8.00. The van der Waals surface area contributed by atoms with E-state index >= 15 is 0 Å². The van der Waals surface area contributed by atoms with Gasteiger partial charge in [-0.05, 0) is 72.2 Å². The van der Waals surface area contributed by atoms with Crippen molar-refractivity contribution in [2.24, 2.45) is 0 Å². The first-order valence-electron chi connectivity index (χ1n) is 32.3. The molecule has 0 aromatic heterocycles. The maximum absolute atomic E-state index is 15.0. The van der Waals surface area contributed by atoms with Gasteiger partial charge >= 0.3 is 12.1 Å². The minimum Gasteiger partial charge on any atom is -0.458 e. The van der Waals surface area contributed by atoms with Crippen molar-refractivity contribution in [2.45, 2.75) is 184 Å². The number of esters is 1. The van der Waals surface area contributed by atoms with Crippen LogP contribution >= 0.6 is 0 Å². The third kappa shape index (κ3) is 18.5. The first-order chi connectivity index (χ1) is 46.3. The summed E-state index contributed by atoms with van der Waals surface area (Å²) in [6, 6.07) is 48.8. The lowest BCUT2D eigenvalue weighted by Gasteiger charge is -2.50. The molecule has 10 rings (SSSR count). The highest BCUT2D eigenvalue weighted by Crippen LogP contribution is 2.45. The number of alkyl carbamates (subject to hydrolysis) is 1. The predicted octanol–water partition coefficient (Wildman–Crippen LogP) is 6.40. The van der Waals surface area contributed by atoms with E-state index in [9.17, 15) is 39.3 Å². The van der Waals surface area contributed by atoms with E-state index in [-0.39, 0.29) is 39.0 Å². The molecule has 0 unspecified atom stereocenters. The van der Waals surface area contributed by atoms with Gasteiger partial charge in [-0.3, -0.25) is 14.4 Å². The molecule has 4 amide bonds. The summed E-state index contributed by atoms with van der Waals surface area (Å²) in [5.41, 5.74) is 6.08. The Morgan fingerprint density at radius 3 is 1.50 bits per heavy atom. The summed E-state index contributed by atoms with van der Waals surface area (Å²) < 4.78 is 72.7. The van der Waals surface area contributed by atoms with Crippen molar-refractivity contribution < 1.29 is 91.4 Å². The number of ether oxygens (including phenoxy) is 11. The van der Waals surface area contributed by atoms with Crippen LogP contribution in [-0.2, 0) is 97.7 Å². The van der Waals surface area contributed by atoms with Crippen molar-refractivity contribution in [3.8, 4) is 11.1 Å². The van der Waals surface area contributed by atoms with Crippen LogP contribution in [0, 0.1) is 0 Å². The van der Waals surface area contributed by atoms with E-state index in [2.05, 4.69) is 21.3 Å². The van der Waals surface area contributed by atoms with Gasteiger partial charge in [0.05, 0.1) is 52.2 Å². The largest absolute Gasteiger partial charge is 0.458 e. The van der Waals surface area contributed by atoms with Gasteiger partial charge in [0.1, 0.15) is 85.3 Å². The smallest absolute Gasteiger partial charge is 0.407 e. The summed E-state index contributed by atoms with van der Waals surface area (Å²) >= 11 is 0. The molecule has 512 valence electrons. The van der Waals surface area contributed by atoms with Gasteiger partial charge in [-0.25, -0.2) is 9.59 Å². The molecule has 6 aromatic carbocycles. The van der Waals surface area contributed by atoms with Crippen molar-refractivity contribution in [3.05, 3.63) is 203 Å². The van der Waals surface area contributed by atoms with E-state index in [1.54, 1.807) is 45.0 Å². The highest BCUT2D eigenvalue weighted by atomic mass is 16.7. The molecule has 23 nitrogen and oxygen atoms in total. The van der Waals surface area contributed by atoms with E-state index in [0.29, 0.717) is 5.56 Å². The van der Waals surface area contributed by atoms with E-state index in [1.807, 2.05) is 153 Å². The van der Waals surface area contributed by atoms with Crippen molar-refractivity contribution in [3.63, 3.8) is 0 Å². The molecule has 96 heavy (non-hydrogen) atoms. The zero-order valence-corrected chi connectivity index (χ0v) is 54.5. The molecule has 3 aliphatic heterocycles. The molecule has 16 atom stereocenters. The van der Waals surface area contributed by atoms with E-state index < -0.39 is 153 Å². The Kier molecular flexibility index (Phi) is 24.5. The van der Waals surface area contributed by atoms with E-state index in [1.165, 1.54) is 13.8 Å². The van der Waals surface area contributed by atoms with Gasteiger partial charge in [-0.15, -0.1) is 0 Å². The summed E-state index contributed by atoms with van der Waals surface area (Å²) in [5, 5.41) is 44.2. The Bertz CT molecular complexity index is 3450. The average Bonchev–Trinajstić information content (AvgIpc) is 1.46. The van der Waals surface area contributed by atoms with Gasteiger partial charge in [0.15, 0.2) is 18.8 Å². The Morgan fingerprint density at radius 2 is 0.990 bits per heavy atom. The number of amides is 4. The lowest BCUT2D eigenvalue weighted by molar-refractivity contribution is -0.341. The van der Waals surface area contributed by atoms with Gasteiger partial charge < -0.3 is 88.7 Å². The number of benzene rings is 6. The van der Waals surface area contributed by atoms with Crippen molar-refractivity contribution >= 4 is 29.8 Å². The third-order valence-electron chi connectivity index (χ3n) is 16.9. The summed E-state index contributed by atoms with van der Waals surface area (Å²) in [7, 11) is 0. The molecule has 1 aliphatic carbocycles. The summed E-state index contributed by atoms with van der Waals surface area (Å²) in [5.74, 6) is -3.43. The number of aliphatic hydroxyl groups is 3. The van der Waals surface area contributed by atoms with Crippen LogP contribution in [0.15, 0.2) is 170 Å². The van der Waals surface area contributed by atoms with Crippen LogP contribution in [0.4, 0.5) is 4.79 Å². The molecule has 0 saturated carbocycles. The first-order valence-corrected chi connectivity index (χ1v) is 32.3. The highest BCUT2D eigenvalue weighted by molar-refractivity contribution is 5.88. The molecule has 23 heteroatoms. The van der Waals surface area contributed by atoms with E-state index in [4.69, 9.17) is 52.1 Å². The van der Waals surface area contributed by atoms with Gasteiger partial charge in [-0.2, -0.15) is 0 Å². The average molecular weight is 1320 g/mol. The normalized spacial score (nSPS) is 26.7. The number of carbonyl (C=O) groups excluding carboxylic acids is 5. The SMILES string of the molecule is CC(=O)N[C@@H]1[C@@H](OCc2ccccc2)[C@H](O[C@@H]2O[C@H](CO)[C@@H](O)[C@H](O)[C@H]2NC(C)=O)[C@@H](CO[C@@H]2O[C@@H](C)[C@@H](OCc3ccccc3)[C@@H](OCc3ccccc3)[C@@H]2OCc2ccccc2)O[C@H]1NC(=O)C[C@H](NC(=O)OCC1c2ccccc2-c2ccccc21)C(=O)OC(C)(C)C. The summed E-state index contributed by atoms with van der Waals surface area (Å²) in [4.78, 5) is 69.7. The van der Waals surface area contributed by atoms with Crippen LogP contribution in [0.5, 0.6) is 0 Å². The number of aliphatic hydroxyl groups excluding tert-OH is 3. The Balaban J connectivity index is 0.995. The van der Waals surface area contributed by atoms with Crippen molar-refractivity contribution in [2.75, 3.05) is 19.8 Å². The number of hydrogen-bond acceptors (Lipinski definition) is 19. The van der Waals surface area contributed by atoms with Crippen LogP contribution in [0.3, 0.4) is 0 Å². The second kappa shape index (κ2) is 33.3. The second-order valence-corrected chi connectivity index (χ2v) is 25.3. The Labute approximate surface area is 558 Å².